The summed E-state index contributed by atoms with van der Waals surface area (Å²) >= 11 is 1.64. The Morgan fingerprint density at radius 1 is 1.20 bits per heavy atom. The van der Waals surface area contributed by atoms with E-state index < -0.39 is 0 Å². The van der Waals surface area contributed by atoms with Gasteiger partial charge in [-0.2, -0.15) is 0 Å². The van der Waals surface area contributed by atoms with E-state index in [-0.39, 0.29) is 11.8 Å². The molecule has 0 spiro atoms. The lowest BCUT2D eigenvalue weighted by Crippen LogP contribution is -2.25. The second-order valence-electron chi connectivity index (χ2n) is 6.69. The molecule has 2 N–H and O–H groups in total. The summed E-state index contributed by atoms with van der Waals surface area (Å²) in [5.74, 6) is 0.653. The number of carbonyl (C=O) groups excluding carboxylic acids is 2. The van der Waals surface area contributed by atoms with Crippen molar-refractivity contribution in [3.63, 3.8) is 0 Å². The average Bonchev–Trinajstić information content (AvgIpc) is 3.04. The van der Waals surface area contributed by atoms with Crippen LogP contribution in [0.25, 0.3) is 0 Å². The molecule has 0 saturated heterocycles. The molecular formula is C20H24N2O2S. The van der Waals surface area contributed by atoms with Gasteiger partial charge in [-0.05, 0) is 60.9 Å². The first-order chi connectivity index (χ1) is 12.1. The molecule has 1 aromatic heterocycles. The highest BCUT2D eigenvalue weighted by atomic mass is 32.1. The summed E-state index contributed by atoms with van der Waals surface area (Å²) < 4.78 is 0. The van der Waals surface area contributed by atoms with Gasteiger partial charge in [0.25, 0.3) is 11.8 Å². The molecule has 1 aromatic carbocycles. The Balaban J connectivity index is 1.52. The minimum atomic E-state index is -0.0872. The van der Waals surface area contributed by atoms with Crippen molar-refractivity contribution in [2.24, 2.45) is 5.92 Å². The average molecular weight is 356 g/mol. The molecule has 0 fully saturated rings. The third kappa shape index (κ3) is 4.28. The van der Waals surface area contributed by atoms with Crippen LogP contribution in [0.5, 0.6) is 0 Å². The number of amides is 2. The van der Waals surface area contributed by atoms with Gasteiger partial charge in [-0.3, -0.25) is 9.59 Å². The molecule has 1 aliphatic carbocycles. The van der Waals surface area contributed by atoms with Gasteiger partial charge in [0.2, 0.25) is 0 Å². The number of hydrogen-bond donors (Lipinski definition) is 2. The van der Waals surface area contributed by atoms with Crippen molar-refractivity contribution in [2.45, 2.75) is 32.6 Å². The van der Waals surface area contributed by atoms with Crippen molar-refractivity contribution in [3.05, 3.63) is 56.8 Å². The second-order valence-corrected chi connectivity index (χ2v) is 7.83. The molecule has 2 amide bonds. The number of aryl methyl sites for hydroxylation is 1. The van der Waals surface area contributed by atoms with Crippen LogP contribution in [0.3, 0.4) is 0 Å². The maximum absolute atomic E-state index is 12.4. The summed E-state index contributed by atoms with van der Waals surface area (Å²) in [5, 5.41) is 5.61. The van der Waals surface area contributed by atoms with Crippen LogP contribution in [0.15, 0.2) is 30.3 Å². The zero-order chi connectivity index (χ0) is 17.8. The Kier molecular flexibility index (Phi) is 5.53. The lowest BCUT2D eigenvalue weighted by Gasteiger charge is -2.16. The molecule has 1 aliphatic rings. The molecule has 1 heterocycles. The van der Waals surface area contributed by atoms with E-state index in [1.807, 2.05) is 24.3 Å². The minimum Gasteiger partial charge on any atom is -0.355 e. The summed E-state index contributed by atoms with van der Waals surface area (Å²) in [6.07, 6.45) is 4.17. The fraction of sp³-hybridized carbons (Fsp3) is 0.400. The number of rotatable bonds is 5. The Hall–Kier alpha value is -2.14. The van der Waals surface area contributed by atoms with Crippen LogP contribution in [0.1, 0.15) is 49.4 Å². The van der Waals surface area contributed by atoms with Gasteiger partial charge >= 0.3 is 0 Å². The summed E-state index contributed by atoms with van der Waals surface area (Å²) in [6, 6.07) is 9.56. The number of thiophene rings is 1. The summed E-state index contributed by atoms with van der Waals surface area (Å²) in [4.78, 5) is 26.1. The number of carbonyl (C=O) groups is 2. The normalized spacial score (nSPS) is 16.2. The molecule has 25 heavy (non-hydrogen) atoms. The second kappa shape index (κ2) is 7.83. The number of benzene rings is 1. The predicted octanol–water partition coefficient (Wildman–Crippen LogP) is 3.21. The van der Waals surface area contributed by atoms with Gasteiger partial charge in [-0.15, -0.1) is 11.3 Å². The SMILES string of the molecule is CNC(=O)c1ccc(CCNC(=O)c2cc3c(s2)CCC(C)C3)cc1. The first-order valence-corrected chi connectivity index (χ1v) is 9.59. The van der Waals surface area contributed by atoms with Crippen molar-refractivity contribution in [3.8, 4) is 0 Å². The molecule has 5 heteroatoms. The van der Waals surface area contributed by atoms with Gasteiger partial charge in [0.05, 0.1) is 4.88 Å². The first kappa shape index (κ1) is 17.7. The Morgan fingerprint density at radius 2 is 1.96 bits per heavy atom. The lowest BCUT2D eigenvalue weighted by atomic mass is 9.90. The molecule has 1 unspecified atom stereocenters. The van der Waals surface area contributed by atoms with Crippen molar-refractivity contribution in [2.75, 3.05) is 13.6 Å². The number of fused-ring (bicyclic) bond motifs is 1. The monoisotopic (exact) mass is 356 g/mol. The zero-order valence-electron chi connectivity index (χ0n) is 14.7. The molecule has 0 saturated carbocycles. The molecule has 132 valence electrons. The standard InChI is InChI=1S/C20H24N2O2S/c1-13-3-8-17-16(11-13)12-18(25-17)20(24)22-10-9-14-4-6-15(7-5-14)19(23)21-2/h4-7,12-13H,3,8-11H2,1-2H3,(H,21,23)(H,22,24). The van der Waals surface area contributed by atoms with Crippen molar-refractivity contribution >= 4 is 23.2 Å². The minimum absolute atomic E-state index is 0.0223. The summed E-state index contributed by atoms with van der Waals surface area (Å²) in [6.45, 7) is 2.87. The van der Waals surface area contributed by atoms with Crippen LogP contribution in [-0.4, -0.2) is 25.4 Å². The summed E-state index contributed by atoms with van der Waals surface area (Å²) in [5.41, 5.74) is 3.11. The highest BCUT2D eigenvalue weighted by molar-refractivity contribution is 7.14. The lowest BCUT2D eigenvalue weighted by molar-refractivity contribution is 0.0952. The van der Waals surface area contributed by atoms with Crippen LogP contribution >= 0.6 is 11.3 Å². The van der Waals surface area contributed by atoms with Gasteiger partial charge in [0, 0.05) is 24.0 Å². The van der Waals surface area contributed by atoms with E-state index in [1.165, 1.54) is 16.9 Å². The topological polar surface area (TPSA) is 58.2 Å². The van der Waals surface area contributed by atoms with E-state index in [0.29, 0.717) is 12.1 Å². The van der Waals surface area contributed by atoms with Gasteiger partial charge in [-0.25, -0.2) is 0 Å². The van der Waals surface area contributed by atoms with Crippen molar-refractivity contribution in [1.29, 1.82) is 0 Å². The molecular weight excluding hydrogens is 332 g/mol. The van der Waals surface area contributed by atoms with Crippen LogP contribution in [0, 0.1) is 5.92 Å². The van der Waals surface area contributed by atoms with Gasteiger partial charge in [0.1, 0.15) is 0 Å². The number of nitrogens with one attached hydrogen (secondary N) is 2. The van der Waals surface area contributed by atoms with Gasteiger partial charge in [-0.1, -0.05) is 19.1 Å². The zero-order valence-corrected chi connectivity index (χ0v) is 15.5. The van der Waals surface area contributed by atoms with E-state index in [0.717, 1.165) is 35.6 Å². The van der Waals surface area contributed by atoms with E-state index in [9.17, 15) is 9.59 Å². The maximum atomic E-state index is 12.4. The highest BCUT2D eigenvalue weighted by Gasteiger charge is 2.20. The van der Waals surface area contributed by atoms with Crippen molar-refractivity contribution in [1.82, 2.24) is 10.6 Å². The maximum Gasteiger partial charge on any atom is 0.261 e. The van der Waals surface area contributed by atoms with E-state index >= 15 is 0 Å². The molecule has 3 rings (SSSR count). The Bertz CT molecular complexity index is 765. The molecule has 0 aliphatic heterocycles. The largest absolute Gasteiger partial charge is 0.355 e. The van der Waals surface area contributed by atoms with Crippen LogP contribution in [0.2, 0.25) is 0 Å². The van der Waals surface area contributed by atoms with E-state index in [1.54, 1.807) is 18.4 Å². The van der Waals surface area contributed by atoms with Crippen molar-refractivity contribution < 1.29 is 9.59 Å². The first-order valence-electron chi connectivity index (χ1n) is 8.77. The predicted molar refractivity (Wildman–Crippen MR) is 101 cm³/mol. The molecule has 0 radical (unpaired) electrons. The molecule has 2 aromatic rings. The Morgan fingerprint density at radius 3 is 2.68 bits per heavy atom. The highest BCUT2D eigenvalue weighted by Crippen LogP contribution is 2.32. The van der Waals surface area contributed by atoms with E-state index in [2.05, 4.69) is 23.6 Å². The third-order valence-electron chi connectivity index (χ3n) is 4.70. The smallest absolute Gasteiger partial charge is 0.261 e. The molecule has 0 bridgehead atoms. The van der Waals surface area contributed by atoms with Crippen LogP contribution in [-0.2, 0) is 19.3 Å². The molecule has 4 nitrogen and oxygen atoms in total. The fourth-order valence-electron chi connectivity index (χ4n) is 3.19. The fourth-order valence-corrected chi connectivity index (χ4v) is 4.32. The van der Waals surface area contributed by atoms with Crippen LogP contribution < -0.4 is 10.6 Å². The Labute approximate surface area is 152 Å². The summed E-state index contributed by atoms with van der Waals surface area (Å²) in [7, 11) is 1.62. The number of hydrogen-bond acceptors (Lipinski definition) is 3. The van der Waals surface area contributed by atoms with Gasteiger partial charge < -0.3 is 10.6 Å². The van der Waals surface area contributed by atoms with Crippen LogP contribution in [0.4, 0.5) is 0 Å². The molecule has 1 atom stereocenters. The third-order valence-corrected chi connectivity index (χ3v) is 5.93. The van der Waals surface area contributed by atoms with E-state index in [4.69, 9.17) is 0 Å². The van der Waals surface area contributed by atoms with Gasteiger partial charge in [0.15, 0.2) is 0 Å². The quantitative estimate of drug-likeness (QED) is 0.864.